The van der Waals surface area contributed by atoms with Crippen molar-refractivity contribution in [2.45, 2.75) is 6.42 Å². The quantitative estimate of drug-likeness (QED) is 0.431. The summed E-state index contributed by atoms with van der Waals surface area (Å²) in [5, 5.41) is 10.6. The Labute approximate surface area is 91.5 Å². The van der Waals surface area contributed by atoms with E-state index in [1.54, 1.807) is 18.2 Å². The van der Waals surface area contributed by atoms with Gasteiger partial charge in [-0.05, 0) is 11.6 Å². The fraction of sp³-hybridized carbons (Fsp3) is 0.0909. The van der Waals surface area contributed by atoms with Crippen LogP contribution in [0.3, 0.4) is 0 Å². The molecule has 0 bridgehead atoms. The molecular weight excluding hydrogens is 210 g/mol. The smallest absolute Gasteiger partial charge is 0.280 e. The van der Waals surface area contributed by atoms with Crippen LogP contribution in [0.2, 0.25) is 0 Å². The molecule has 0 amide bonds. The summed E-state index contributed by atoms with van der Waals surface area (Å²) in [6.07, 6.45) is 4.60. The fourth-order valence-electron chi connectivity index (χ4n) is 1.18. The van der Waals surface area contributed by atoms with Crippen LogP contribution < -0.4 is 0 Å². The van der Waals surface area contributed by atoms with Gasteiger partial charge < -0.3 is 4.79 Å². The van der Waals surface area contributed by atoms with Gasteiger partial charge in [0.25, 0.3) is 5.69 Å². The molecule has 0 atom stereocenters. The van der Waals surface area contributed by atoms with E-state index in [4.69, 9.17) is 0 Å². The molecule has 0 spiro atoms. The van der Waals surface area contributed by atoms with Crippen LogP contribution in [0, 0.1) is 10.1 Å². The van der Waals surface area contributed by atoms with Gasteiger partial charge in [-0.15, -0.1) is 0 Å². The summed E-state index contributed by atoms with van der Waals surface area (Å²) < 4.78 is 0. The van der Waals surface area contributed by atoms with Crippen LogP contribution in [0.25, 0.3) is 6.08 Å². The van der Waals surface area contributed by atoms with Gasteiger partial charge in [-0.25, -0.2) is 0 Å². The zero-order valence-corrected chi connectivity index (χ0v) is 8.33. The summed E-state index contributed by atoms with van der Waals surface area (Å²) in [5.41, 5.74) is 0.389. The van der Waals surface area contributed by atoms with Gasteiger partial charge >= 0.3 is 0 Å². The maximum absolute atomic E-state index is 10.6. The topological polar surface area (TPSA) is 77.3 Å². The number of carbonyl (C=O) groups excluding carboxylic acids is 2. The molecule has 0 aliphatic carbocycles. The van der Waals surface area contributed by atoms with Crippen LogP contribution in [0.15, 0.2) is 24.3 Å². The molecule has 0 saturated carbocycles. The highest BCUT2D eigenvalue weighted by Gasteiger charge is 2.12. The number of allylic oxidation sites excluding steroid dienone is 1. The van der Waals surface area contributed by atoms with Gasteiger partial charge in [-0.3, -0.25) is 14.9 Å². The number of benzene rings is 1. The van der Waals surface area contributed by atoms with Crippen molar-refractivity contribution in [3.05, 3.63) is 45.5 Å². The largest absolute Gasteiger partial charge is 0.303 e. The van der Waals surface area contributed by atoms with E-state index in [9.17, 15) is 19.7 Å². The second-order valence-electron chi connectivity index (χ2n) is 3.00. The first-order chi connectivity index (χ1) is 7.69. The Morgan fingerprint density at radius 3 is 2.62 bits per heavy atom. The van der Waals surface area contributed by atoms with Crippen molar-refractivity contribution in [3.63, 3.8) is 0 Å². The van der Waals surface area contributed by atoms with Crippen molar-refractivity contribution in [1.29, 1.82) is 0 Å². The molecule has 0 aliphatic rings. The SMILES string of the molecule is O=CCC=Cc1ccc(C=O)c([N+](=O)[O-])c1. The second kappa shape index (κ2) is 5.55. The number of aldehydes is 2. The lowest BCUT2D eigenvalue weighted by Gasteiger charge is -1.97. The summed E-state index contributed by atoms with van der Waals surface area (Å²) in [4.78, 5) is 30.6. The van der Waals surface area contributed by atoms with Crippen molar-refractivity contribution in [2.24, 2.45) is 0 Å². The summed E-state index contributed by atoms with van der Waals surface area (Å²) in [6.45, 7) is 0. The summed E-state index contributed by atoms with van der Waals surface area (Å²) in [7, 11) is 0. The van der Waals surface area contributed by atoms with Gasteiger partial charge in [0.1, 0.15) is 6.29 Å². The molecular formula is C11H9NO4. The highest BCUT2D eigenvalue weighted by Crippen LogP contribution is 2.19. The third-order valence-corrected chi connectivity index (χ3v) is 1.92. The molecule has 0 aliphatic heterocycles. The van der Waals surface area contributed by atoms with E-state index < -0.39 is 4.92 Å². The summed E-state index contributed by atoms with van der Waals surface area (Å²) in [6, 6.07) is 4.26. The molecule has 0 fully saturated rings. The molecule has 5 heteroatoms. The van der Waals surface area contributed by atoms with Crippen molar-refractivity contribution < 1.29 is 14.5 Å². The van der Waals surface area contributed by atoms with Gasteiger partial charge in [0.05, 0.1) is 10.5 Å². The monoisotopic (exact) mass is 219 g/mol. The number of carbonyl (C=O) groups is 2. The third-order valence-electron chi connectivity index (χ3n) is 1.92. The zero-order valence-electron chi connectivity index (χ0n) is 8.33. The van der Waals surface area contributed by atoms with Crippen LogP contribution in [-0.2, 0) is 4.79 Å². The van der Waals surface area contributed by atoms with Gasteiger partial charge in [0.2, 0.25) is 0 Å². The number of nitro groups is 1. The standard InChI is InChI=1S/C11H9NO4/c13-6-2-1-3-9-4-5-10(8-14)11(7-9)12(15)16/h1,3-8H,2H2. The van der Waals surface area contributed by atoms with E-state index in [-0.39, 0.29) is 17.7 Å². The first-order valence-corrected chi connectivity index (χ1v) is 4.53. The van der Waals surface area contributed by atoms with E-state index >= 15 is 0 Å². The minimum atomic E-state index is -0.610. The van der Waals surface area contributed by atoms with Crippen molar-refractivity contribution in [1.82, 2.24) is 0 Å². The zero-order chi connectivity index (χ0) is 12.0. The summed E-state index contributed by atoms with van der Waals surface area (Å²) in [5.74, 6) is 0. The molecule has 1 rings (SSSR count). The van der Waals surface area contributed by atoms with Crippen molar-refractivity contribution in [3.8, 4) is 0 Å². The Morgan fingerprint density at radius 2 is 2.06 bits per heavy atom. The Balaban J connectivity index is 3.06. The van der Waals surface area contributed by atoms with Gasteiger partial charge in [0.15, 0.2) is 6.29 Å². The predicted molar refractivity (Wildman–Crippen MR) is 58.2 cm³/mol. The Bertz CT molecular complexity index is 451. The molecule has 0 aromatic heterocycles. The lowest BCUT2D eigenvalue weighted by molar-refractivity contribution is -0.385. The van der Waals surface area contributed by atoms with Gasteiger partial charge in [-0.1, -0.05) is 18.2 Å². The first-order valence-electron chi connectivity index (χ1n) is 4.53. The molecule has 1 aromatic carbocycles. The minimum absolute atomic E-state index is 0.0394. The predicted octanol–water partition coefficient (Wildman–Crippen LogP) is 2.01. The van der Waals surface area contributed by atoms with E-state index in [1.807, 2.05) is 0 Å². The van der Waals surface area contributed by atoms with E-state index in [0.717, 1.165) is 6.29 Å². The van der Waals surface area contributed by atoms with Gasteiger partial charge in [0, 0.05) is 12.5 Å². The molecule has 16 heavy (non-hydrogen) atoms. The maximum atomic E-state index is 10.6. The van der Waals surface area contributed by atoms with E-state index in [2.05, 4.69) is 0 Å². The highest BCUT2D eigenvalue weighted by molar-refractivity contribution is 5.82. The van der Waals surface area contributed by atoms with Crippen LogP contribution in [0.5, 0.6) is 0 Å². The minimum Gasteiger partial charge on any atom is -0.303 e. The number of rotatable bonds is 5. The second-order valence-corrected chi connectivity index (χ2v) is 3.00. The fourth-order valence-corrected chi connectivity index (χ4v) is 1.18. The Morgan fingerprint density at radius 1 is 1.31 bits per heavy atom. The number of hydrogen-bond donors (Lipinski definition) is 0. The molecule has 0 N–H and O–H groups in total. The molecule has 82 valence electrons. The number of nitrogens with zero attached hydrogens (tertiary/aromatic N) is 1. The van der Waals surface area contributed by atoms with Crippen LogP contribution in [0.4, 0.5) is 5.69 Å². The van der Waals surface area contributed by atoms with E-state index in [0.29, 0.717) is 11.8 Å². The van der Waals surface area contributed by atoms with Crippen molar-refractivity contribution >= 4 is 24.3 Å². The molecule has 0 saturated heterocycles. The lowest BCUT2D eigenvalue weighted by atomic mass is 10.1. The van der Waals surface area contributed by atoms with Crippen LogP contribution in [-0.4, -0.2) is 17.5 Å². The number of hydrogen-bond acceptors (Lipinski definition) is 4. The Hall–Kier alpha value is -2.30. The van der Waals surface area contributed by atoms with Crippen molar-refractivity contribution in [2.75, 3.05) is 0 Å². The average Bonchev–Trinajstić information content (AvgIpc) is 2.29. The molecule has 0 radical (unpaired) electrons. The maximum Gasteiger partial charge on any atom is 0.280 e. The molecule has 0 heterocycles. The van der Waals surface area contributed by atoms with E-state index in [1.165, 1.54) is 12.1 Å². The van der Waals surface area contributed by atoms with Crippen LogP contribution >= 0.6 is 0 Å². The first kappa shape index (κ1) is 11.8. The summed E-state index contributed by atoms with van der Waals surface area (Å²) >= 11 is 0. The Kier molecular flexibility index (Phi) is 4.08. The normalized spacial score (nSPS) is 10.2. The van der Waals surface area contributed by atoms with Gasteiger partial charge in [-0.2, -0.15) is 0 Å². The average molecular weight is 219 g/mol. The third kappa shape index (κ3) is 2.84. The number of nitro benzene ring substituents is 1. The molecule has 1 aromatic rings. The highest BCUT2D eigenvalue weighted by atomic mass is 16.6. The lowest BCUT2D eigenvalue weighted by Crippen LogP contribution is -1.94. The molecule has 0 unspecified atom stereocenters. The molecule has 5 nitrogen and oxygen atoms in total. The van der Waals surface area contributed by atoms with Crippen LogP contribution in [0.1, 0.15) is 22.3 Å².